The van der Waals surface area contributed by atoms with E-state index in [4.69, 9.17) is 4.98 Å². The standard InChI is InChI=1S/C25H23N3OS/c29-24(26-20-12-5-4-11-19(20)18-9-2-1-3-10-18)17-28-16-8-14-22(28)25-27-21-13-6-7-15-23(21)30-25/h1-7,9-13,15,22H,8,14,16-17H2,(H,26,29)/p+1/t22-/m0/s1. The van der Waals surface area contributed by atoms with Crippen molar-refractivity contribution in [2.24, 2.45) is 0 Å². The number of hydrogen-bond acceptors (Lipinski definition) is 3. The van der Waals surface area contributed by atoms with Crippen LogP contribution in [0.1, 0.15) is 23.9 Å². The van der Waals surface area contributed by atoms with E-state index >= 15 is 0 Å². The van der Waals surface area contributed by atoms with Gasteiger partial charge < -0.3 is 10.2 Å². The van der Waals surface area contributed by atoms with Gasteiger partial charge in [0.05, 0.1) is 16.8 Å². The van der Waals surface area contributed by atoms with Crippen LogP contribution in [0.2, 0.25) is 0 Å². The van der Waals surface area contributed by atoms with Crippen LogP contribution in [-0.2, 0) is 4.79 Å². The van der Waals surface area contributed by atoms with E-state index in [2.05, 4.69) is 41.7 Å². The molecule has 1 aromatic heterocycles. The van der Waals surface area contributed by atoms with E-state index in [-0.39, 0.29) is 5.91 Å². The number of nitrogens with zero attached hydrogens (tertiary/aromatic N) is 1. The van der Waals surface area contributed by atoms with Crippen molar-refractivity contribution in [3.05, 3.63) is 83.9 Å². The van der Waals surface area contributed by atoms with Crippen LogP contribution in [0.15, 0.2) is 78.9 Å². The van der Waals surface area contributed by atoms with Crippen LogP contribution in [0.3, 0.4) is 0 Å². The Morgan fingerprint density at radius 1 is 1.00 bits per heavy atom. The van der Waals surface area contributed by atoms with E-state index in [1.807, 2.05) is 42.5 Å². The molecule has 5 heteroatoms. The van der Waals surface area contributed by atoms with Gasteiger partial charge in [-0.25, -0.2) is 4.98 Å². The van der Waals surface area contributed by atoms with E-state index in [0.717, 1.165) is 46.7 Å². The van der Waals surface area contributed by atoms with Gasteiger partial charge in [-0.3, -0.25) is 4.79 Å². The van der Waals surface area contributed by atoms with E-state index in [1.165, 1.54) is 9.60 Å². The lowest BCUT2D eigenvalue weighted by atomic mass is 10.0. The van der Waals surface area contributed by atoms with Gasteiger partial charge in [-0.05, 0) is 23.8 Å². The van der Waals surface area contributed by atoms with E-state index in [0.29, 0.717) is 12.6 Å². The monoisotopic (exact) mass is 414 g/mol. The summed E-state index contributed by atoms with van der Waals surface area (Å²) in [6.45, 7) is 1.47. The highest BCUT2D eigenvalue weighted by molar-refractivity contribution is 7.18. The summed E-state index contributed by atoms with van der Waals surface area (Å²) in [4.78, 5) is 19.1. The van der Waals surface area contributed by atoms with Crippen molar-refractivity contribution in [1.82, 2.24) is 4.98 Å². The molecule has 5 rings (SSSR count). The molecule has 2 N–H and O–H groups in total. The summed E-state index contributed by atoms with van der Waals surface area (Å²) < 4.78 is 1.22. The molecule has 0 radical (unpaired) electrons. The third-order valence-electron chi connectivity index (χ3n) is 5.77. The molecule has 0 spiro atoms. The second kappa shape index (κ2) is 8.38. The Balaban J connectivity index is 1.32. The third kappa shape index (κ3) is 3.86. The summed E-state index contributed by atoms with van der Waals surface area (Å²) in [7, 11) is 0. The van der Waals surface area contributed by atoms with E-state index in [1.54, 1.807) is 11.3 Å². The number of thiazole rings is 1. The fourth-order valence-corrected chi connectivity index (χ4v) is 5.48. The summed E-state index contributed by atoms with van der Waals surface area (Å²) in [5.41, 5.74) is 4.08. The average molecular weight is 415 g/mol. The molecular weight excluding hydrogens is 390 g/mol. The fraction of sp³-hybridized carbons (Fsp3) is 0.200. The van der Waals surface area contributed by atoms with Crippen LogP contribution in [0.4, 0.5) is 5.69 Å². The number of anilines is 1. The van der Waals surface area contributed by atoms with Crippen molar-refractivity contribution in [2.75, 3.05) is 18.4 Å². The molecule has 2 heterocycles. The summed E-state index contributed by atoms with van der Waals surface area (Å²) >= 11 is 1.77. The van der Waals surface area contributed by atoms with Crippen molar-refractivity contribution < 1.29 is 9.69 Å². The normalized spacial score (nSPS) is 18.5. The number of amides is 1. The van der Waals surface area contributed by atoms with Crippen molar-refractivity contribution in [1.29, 1.82) is 0 Å². The summed E-state index contributed by atoms with van der Waals surface area (Å²) in [6, 6.07) is 26.8. The van der Waals surface area contributed by atoms with Gasteiger partial charge in [0.25, 0.3) is 5.91 Å². The van der Waals surface area contributed by atoms with Crippen LogP contribution in [0.25, 0.3) is 21.3 Å². The Kier molecular flexibility index (Phi) is 5.30. The smallest absolute Gasteiger partial charge is 0.279 e. The first kappa shape index (κ1) is 19.0. The number of para-hydroxylation sites is 2. The number of nitrogens with one attached hydrogen (secondary N) is 2. The van der Waals surface area contributed by atoms with Crippen molar-refractivity contribution in [3.63, 3.8) is 0 Å². The van der Waals surface area contributed by atoms with Crippen LogP contribution >= 0.6 is 11.3 Å². The first-order valence-electron chi connectivity index (χ1n) is 10.4. The summed E-state index contributed by atoms with van der Waals surface area (Å²) in [6.07, 6.45) is 2.22. The maximum Gasteiger partial charge on any atom is 0.279 e. The quantitative estimate of drug-likeness (QED) is 0.511. The van der Waals surface area contributed by atoms with Crippen molar-refractivity contribution in [2.45, 2.75) is 18.9 Å². The van der Waals surface area contributed by atoms with E-state index < -0.39 is 0 Å². The Morgan fingerprint density at radius 3 is 2.63 bits per heavy atom. The lowest BCUT2D eigenvalue weighted by molar-refractivity contribution is -0.910. The third-order valence-corrected chi connectivity index (χ3v) is 6.92. The Morgan fingerprint density at radius 2 is 1.77 bits per heavy atom. The van der Waals surface area contributed by atoms with Crippen LogP contribution < -0.4 is 10.2 Å². The second-order valence-corrected chi connectivity index (χ2v) is 8.82. The average Bonchev–Trinajstić information content (AvgIpc) is 3.41. The van der Waals surface area contributed by atoms with Gasteiger partial charge >= 0.3 is 0 Å². The Bertz CT molecular complexity index is 1140. The molecule has 1 fully saturated rings. The first-order chi connectivity index (χ1) is 14.8. The molecule has 0 saturated carbocycles. The Hall–Kier alpha value is -3.02. The van der Waals surface area contributed by atoms with Crippen LogP contribution in [0.5, 0.6) is 0 Å². The summed E-state index contributed by atoms with van der Waals surface area (Å²) in [5.74, 6) is 0.0568. The van der Waals surface area contributed by atoms with E-state index in [9.17, 15) is 4.79 Å². The molecule has 1 saturated heterocycles. The zero-order chi connectivity index (χ0) is 20.3. The van der Waals surface area contributed by atoms with Gasteiger partial charge in [0.2, 0.25) is 0 Å². The molecule has 1 unspecified atom stereocenters. The Labute approximate surface area is 180 Å². The second-order valence-electron chi connectivity index (χ2n) is 7.76. The van der Waals surface area contributed by atoms with Gasteiger partial charge in [-0.15, -0.1) is 11.3 Å². The zero-order valence-corrected chi connectivity index (χ0v) is 17.5. The maximum atomic E-state index is 13.0. The largest absolute Gasteiger partial charge is 0.321 e. The van der Waals surface area contributed by atoms with Gasteiger partial charge in [-0.2, -0.15) is 0 Å². The fourth-order valence-electron chi connectivity index (χ4n) is 4.32. The van der Waals surface area contributed by atoms with Crippen LogP contribution in [-0.4, -0.2) is 24.0 Å². The molecule has 0 aliphatic carbocycles. The molecule has 3 aromatic carbocycles. The number of aromatic nitrogens is 1. The molecule has 30 heavy (non-hydrogen) atoms. The van der Waals surface area contributed by atoms with Gasteiger partial charge in [0.15, 0.2) is 11.6 Å². The number of fused-ring (bicyclic) bond motifs is 1. The number of likely N-dealkylation sites (tertiary alicyclic amines) is 1. The predicted octanol–water partition coefficient (Wildman–Crippen LogP) is 4.32. The topological polar surface area (TPSA) is 46.4 Å². The molecule has 4 aromatic rings. The molecular formula is C25H24N3OS+. The minimum absolute atomic E-state index is 0.0568. The summed E-state index contributed by atoms with van der Waals surface area (Å²) in [5, 5.41) is 4.31. The minimum atomic E-state index is 0.0568. The number of rotatable bonds is 5. The zero-order valence-electron chi connectivity index (χ0n) is 16.7. The lowest BCUT2D eigenvalue weighted by Crippen LogP contribution is -3.11. The molecule has 150 valence electrons. The van der Waals surface area contributed by atoms with Gasteiger partial charge in [0, 0.05) is 24.1 Å². The number of carbonyl (C=O) groups is 1. The SMILES string of the molecule is O=C(C[NH+]1CCC[C@H]1c1nc2ccccc2s1)Nc1ccccc1-c1ccccc1. The van der Waals surface area contributed by atoms with Crippen LogP contribution in [0, 0.1) is 0 Å². The molecule has 1 aliphatic heterocycles. The molecule has 2 atom stereocenters. The lowest BCUT2D eigenvalue weighted by Gasteiger charge is -2.20. The highest BCUT2D eigenvalue weighted by Crippen LogP contribution is 2.29. The minimum Gasteiger partial charge on any atom is -0.321 e. The van der Waals surface area contributed by atoms with Crippen molar-refractivity contribution in [3.8, 4) is 11.1 Å². The van der Waals surface area contributed by atoms with Gasteiger partial charge in [0.1, 0.15) is 6.04 Å². The molecule has 0 bridgehead atoms. The highest BCUT2D eigenvalue weighted by atomic mass is 32.1. The number of hydrogen-bond donors (Lipinski definition) is 2. The molecule has 4 nitrogen and oxygen atoms in total. The molecule has 1 aliphatic rings. The maximum absolute atomic E-state index is 13.0. The van der Waals surface area contributed by atoms with Crippen molar-refractivity contribution >= 4 is 33.1 Å². The predicted molar refractivity (Wildman–Crippen MR) is 123 cm³/mol. The highest BCUT2D eigenvalue weighted by Gasteiger charge is 2.34. The number of carbonyl (C=O) groups excluding carboxylic acids is 1. The number of benzene rings is 3. The number of quaternary nitrogens is 1. The molecule has 1 amide bonds. The van der Waals surface area contributed by atoms with Gasteiger partial charge in [-0.1, -0.05) is 60.7 Å². The first-order valence-corrected chi connectivity index (χ1v) is 11.2.